The lowest BCUT2D eigenvalue weighted by atomic mass is 10.1. The van der Waals surface area contributed by atoms with Gasteiger partial charge in [-0.2, -0.15) is 13.2 Å². The Balaban J connectivity index is 2.45. The number of amides is 1. The Morgan fingerprint density at radius 3 is 2.21 bits per heavy atom. The van der Waals surface area contributed by atoms with Gasteiger partial charge >= 0.3 is 6.18 Å². The molecule has 0 spiro atoms. The van der Waals surface area contributed by atoms with Gasteiger partial charge in [0.15, 0.2) is 0 Å². The van der Waals surface area contributed by atoms with Crippen LogP contribution in [-0.4, -0.2) is 14.3 Å². The van der Waals surface area contributed by atoms with Gasteiger partial charge < -0.3 is 5.32 Å². The van der Waals surface area contributed by atoms with Gasteiger partial charge in [0.25, 0.3) is 10.0 Å². The van der Waals surface area contributed by atoms with Crippen molar-refractivity contribution in [3.8, 4) is 0 Å². The highest BCUT2D eigenvalue weighted by Gasteiger charge is 2.35. The van der Waals surface area contributed by atoms with E-state index in [9.17, 15) is 26.4 Å². The maximum atomic E-state index is 13.2. The average Bonchev–Trinajstić information content (AvgIpc) is 2.48. The van der Waals surface area contributed by atoms with E-state index in [1.165, 1.54) is 30.3 Å². The van der Waals surface area contributed by atoms with Crippen molar-refractivity contribution in [3.05, 3.63) is 54.1 Å². The predicted octanol–water partition coefficient (Wildman–Crippen LogP) is 3.46. The summed E-state index contributed by atoms with van der Waals surface area (Å²) in [4.78, 5) is 10.8. The van der Waals surface area contributed by atoms with E-state index < -0.39 is 33.4 Å². The second-order valence-corrected chi connectivity index (χ2v) is 6.54. The molecule has 0 unspecified atom stereocenters. The standard InChI is InChI=1S/C15H13F3N2O3S/c1-10(21)19-11-7-8-14(13(9-11)15(16,17)18)20-24(22,23)12-5-3-2-4-6-12/h2-9,20H,1H3,(H,19,21). The van der Waals surface area contributed by atoms with Crippen molar-refractivity contribution in [3.63, 3.8) is 0 Å². The number of benzene rings is 2. The summed E-state index contributed by atoms with van der Waals surface area (Å²) in [6.07, 6.45) is -4.80. The van der Waals surface area contributed by atoms with Gasteiger partial charge in [-0.3, -0.25) is 9.52 Å². The highest BCUT2D eigenvalue weighted by atomic mass is 32.2. The summed E-state index contributed by atoms with van der Waals surface area (Å²) in [5.74, 6) is -0.541. The first-order valence-electron chi connectivity index (χ1n) is 6.66. The number of hydrogen-bond donors (Lipinski definition) is 2. The molecule has 0 atom stereocenters. The molecule has 24 heavy (non-hydrogen) atoms. The largest absolute Gasteiger partial charge is 0.418 e. The molecule has 2 aromatic rings. The van der Waals surface area contributed by atoms with Crippen molar-refractivity contribution in [2.45, 2.75) is 18.0 Å². The number of carbonyl (C=O) groups excluding carboxylic acids is 1. The van der Waals surface area contributed by atoms with Crippen LogP contribution in [0.4, 0.5) is 24.5 Å². The molecule has 2 rings (SSSR count). The van der Waals surface area contributed by atoms with E-state index in [4.69, 9.17) is 0 Å². The SMILES string of the molecule is CC(=O)Nc1ccc(NS(=O)(=O)c2ccccc2)c(C(F)(F)F)c1. The third kappa shape index (κ3) is 4.25. The zero-order valence-corrected chi connectivity index (χ0v) is 13.2. The van der Waals surface area contributed by atoms with Crippen LogP contribution in [0.5, 0.6) is 0 Å². The van der Waals surface area contributed by atoms with Gasteiger partial charge in [-0.1, -0.05) is 18.2 Å². The molecule has 0 heterocycles. The van der Waals surface area contributed by atoms with E-state index in [-0.39, 0.29) is 10.6 Å². The van der Waals surface area contributed by atoms with Gasteiger partial charge in [-0.15, -0.1) is 0 Å². The Morgan fingerprint density at radius 1 is 1.04 bits per heavy atom. The number of anilines is 2. The number of alkyl halides is 3. The number of carbonyl (C=O) groups is 1. The van der Waals surface area contributed by atoms with Crippen molar-refractivity contribution in [1.29, 1.82) is 0 Å². The third-order valence-electron chi connectivity index (χ3n) is 2.94. The van der Waals surface area contributed by atoms with Crippen molar-refractivity contribution >= 4 is 27.3 Å². The van der Waals surface area contributed by atoms with E-state index in [0.717, 1.165) is 13.0 Å². The minimum atomic E-state index is -4.80. The molecular weight excluding hydrogens is 345 g/mol. The number of sulfonamides is 1. The quantitative estimate of drug-likeness (QED) is 0.879. The second-order valence-electron chi connectivity index (χ2n) is 4.86. The van der Waals surface area contributed by atoms with Crippen LogP contribution in [0.2, 0.25) is 0 Å². The van der Waals surface area contributed by atoms with Crippen LogP contribution >= 0.6 is 0 Å². The first-order valence-corrected chi connectivity index (χ1v) is 8.14. The van der Waals surface area contributed by atoms with E-state index in [1.54, 1.807) is 6.07 Å². The van der Waals surface area contributed by atoms with E-state index in [1.807, 2.05) is 4.72 Å². The number of nitrogens with one attached hydrogen (secondary N) is 2. The number of halogens is 3. The molecule has 0 fully saturated rings. The minimum absolute atomic E-state index is 0.0857. The third-order valence-corrected chi connectivity index (χ3v) is 4.32. The molecule has 5 nitrogen and oxygen atoms in total. The molecule has 0 radical (unpaired) electrons. The zero-order chi connectivity index (χ0) is 18.0. The Morgan fingerprint density at radius 2 is 1.67 bits per heavy atom. The van der Waals surface area contributed by atoms with Crippen LogP contribution < -0.4 is 10.0 Å². The highest BCUT2D eigenvalue weighted by Crippen LogP contribution is 2.37. The summed E-state index contributed by atoms with van der Waals surface area (Å²) in [6, 6.07) is 9.83. The summed E-state index contributed by atoms with van der Waals surface area (Å²) in [7, 11) is -4.17. The second kappa shape index (κ2) is 6.52. The van der Waals surface area contributed by atoms with Gasteiger partial charge in [0.05, 0.1) is 16.1 Å². The topological polar surface area (TPSA) is 75.3 Å². The molecule has 128 valence electrons. The molecule has 0 saturated carbocycles. The fraction of sp³-hybridized carbons (Fsp3) is 0.133. The van der Waals surface area contributed by atoms with E-state index >= 15 is 0 Å². The molecule has 0 aliphatic heterocycles. The van der Waals surface area contributed by atoms with Crippen LogP contribution in [0, 0.1) is 0 Å². The Bertz CT molecular complexity index is 850. The molecule has 0 aromatic heterocycles. The summed E-state index contributed by atoms with van der Waals surface area (Å²) < 4.78 is 65.9. The smallest absolute Gasteiger partial charge is 0.326 e. The molecule has 2 N–H and O–H groups in total. The summed E-state index contributed by atoms with van der Waals surface area (Å²) >= 11 is 0. The van der Waals surface area contributed by atoms with Crippen LogP contribution in [0.1, 0.15) is 12.5 Å². The molecule has 0 aliphatic carbocycles. The van der Waals surface area contributed by atoms with Gasteiger partial charge in [-0.25, -0.2) is 8.42 Å². The lowest BCUT2D eigenvalue weighted by Crippen LogP contribution is -2.18. The summed E-state index contributed by atoms with van der Waals surface area (Å²) in [5, 5.41) is 2.22. The maximum Gasteiger partial charge on any atom is 0.418 e. The van der Waals surface area contributed by atoms with Crippen LogP contribution in [0.25, 0.3) is 0 Å². The van der Waals surface area contributed by atoms with Crippen molar-refractivity contribution in [2.24, 2.45) is 0 Å². The Hall–Kier alpha value is -2.55. The van der Waals surface area contributed by atoms with Crippen LogP contribution in [0.15, 0.2) is 53.4 Å². The predicted molar refractivity (Wildman–Crippen MR) is 83.0 cm³/mol. The Kier molecular flexibility index (Phi) is 4.83. The van der Waals surface area contributed by atoms with E-state index in [0.29, 0.717) is 6.07 Å². The summed E-state index contributed by atoms with van der Waals surface area (Å²) in [5.41, 5.74) is -1.91. The average molecular weight is 358 g/mol. The lowest BCUT2D eigenvalue weighted by molar-refractivity contribution is -0.136. The van der Waals surface area contributed by atoms with Crippen molar-refractivity contribution in [2.75, 3.05) is 10.0 Å². The molecule has 0 saturated heterocycles. The molecule has 9 heteroatoms. The number of hydrogen-bond acceptors (Lipinski definition) is 3. The van der Waals surface area contributed by atoms with E-state index in [2.05, 4.69) is 5.32 Å². The van der Waals surface area contributed by atoms with Crippen LogP contribution in [-0.2, 0) is 21.0 Å². The minimum Gasteiger partial charge on any atom is -0.326 e. The zero-order valence-electron chi connectivity index (χ0n) is 12.4. The number of rotatable bonds is 4. The normalized spacial score (nSPS) is 11.8. The molecule has 0 bridgehead atoms. The van der Waals surface area contributed by atoms with Gasteiger partial charge in [0, 0.05) is 12.6 Å². The molecule has 1 amide bonds. The van der Waals surface area contributed by atoms with Gasteiger partial charge in [0.1, 0.15) is 0 Å². The monoisotopic (exact) mass is 358 g/mol. The fourth-order valence-electron chi connectivity index (χ4n) is 1.95. The first-order chi connectivity index (χ1) is 11.1. The molecule has 0 aliphatic rings. The van der Waals surface area contributed by atoms with Gasteiger partial charge in [-0.05, 0) is 30.3 Å². The Labute approximate surface area is 136 Å². The van der Waals surface area contributed by atoms with Crippen molar-refractivity contribution < 1.29 is 26.4 Å². The fourth-order valence-corrected chi connectivity index (χ4v) is 3.05. The summed E-state index contributed by atoms with van der Waals surface area (Å²) in [6.45, 7) is 1.15. The highest BCUT2D eigenvalue weighted by molar-refractivity contribution is 7.92. The maximum absolute atomic E-state index is 13.2. The van der Waals surface area contributed by atoms with Crippen LogP contribution in [0.3, 0.4) is 0 Å². The molecular formula is C15H13F3N2O3S. The lowest BCUT2D eigenvalue weighted by Gasteiger charge is -2.16. The first kappa shape index (κ1) is 17.8. The molecule has 2 aromatic carbocycles. The van der Waals surface area contributed by atoms with Crippen molar-refractivity contribution in [1.82, 2.24) is 0 Å². The van der Waals surface area contributed by atoms with Gasteiger partial charge in [0.2, 0.25) is 5.91 Å².